The molecule has 1 heterocycles. The predicted molar refractivity (Wildman–Crippen MR) is 83.2 cm³/mol. The maximum absolute atomic E-state index is 12.4. The van der Waals surface area contributed by atoms with Crippen molar-refractivity contribution < 1.29 is 14.3 Å². The molecule has 1 aromatic carbocycles. The molecule has 3 nitrogen and oxygen atoms in total. The fraction of sp³-hybridized carbons (Fsp3) is 0.0588. The summed E-state index contributed by atoms with van der Waals surface area (Å²) in [4.78, 5) is 24.4. The van der Waals surface area contributed by atoms with Crippen molar-refractivity contribution in [3.63, 3.8) is 0 Å². The highest BCUT2D eigenvalue weighted by molar-refractivity contribution is 7.11. The van der Waals surface area contributed by atoms with Gasteiger partial charge in [-0.15, -0.1) is 11.3 Å². The van der Waals surface area contributed by atoms with E-state index in [1.165, 1.54) is 18.4 Å². The number of rotatable bonds is 3. The van der Waals surface area contributed by atoms with Crippen molar-refractivity contribution in [2.45, 2.75) is 0 Å². The van der Waals surface area contributed by atoms with Gasteiger partial charge in [0.1, 0.15) is 4.88 Å². The quantitative estimate of drug-likeness (QED) is 0.638. The van der Waals surface area contributed by atoms with Crippen LogP contribution in [0.5, 0.6) is 0 Å². The molecule has 4 heteroatoms. The summed E-state index contributed by atoms with van der Waals surface area (Å²) < 4.78 is 4.69. The van der Waals surface area contributed by atoms with Gasteiger partial charge in [0.05, 0.1) is 7.11 Å². The molecule has 0 saturated heterocycles. The van der Waals surface area contributed by atoms with E-state index in [2.05, 4.69) is 0 Å². The van der Waals surface area contributed by atoms with E-state index in [9.17, 15) is 9.59 Å². The minimum absolute atomic E-state index is 0.0589. The van der Waals surface area contributed by atoms with E-state index < -0.39 is 5.97 Å². The van der Waals surface area contributed by atoms with Gasteiger partial charge in [0.15, 0.2) is 5.78 Å². The minimum Gasteiger partial charge on any atom is -0.465 e. The predicted octanol–water partition coefficient (Wildman–Crippen LogP) is 3.89. The number of ketones is 1. The molecule has 0 amide bonds. The molecule has 21 heavy (non-hydrogen) atoms. The van der Waals surface area contributed by atoms with Gasteiger partial charge in [-0.1, -0.05) is 54.6 Å². The lowest BCUT2D eigenvalue weighted by molar-refractivity contribution is 0.0606. The Labute approximate surface area is 127 Å². The van der Waals surface area contributed by atoms with Gasteiger partial charge >= 0.3 is 5.97 Å². The van der Waals surface area contributed by atoms with E-state index in [0.29, 0.717) is 16.0 Å². The minimum atomic E-state index is -0.396. The van der Waals surface area contributed by atoms with E-state index >= 15 is 0 Å². The Morgan fingerprint density at radius 2 is 1.48 bits per heavy atom. The standard InChI is InChI=1S/C17H14O3S/c1-20-17(19)15-11-5-9-14(10-6-12-21-15)16(18)13-7-3-2-4-8-13/h2-12H,1H3. The van der Waals surface area contributed by atoms with Crippen LogP contribution in [-0.2, 0) is 4.74 Å². The van der Waals surface area contributed by atoms with E-state index in [0.717, 1.165) is 0 Å². The SMILES string of the molecule is COC(=O)c1cccc(C(=O)c2ccccc2)cccs1. The molecule has 0 fully saturated rings. The number of benzene rings is 1. The summed E-state index contributed by atoms with van der Waals surface area (Å²) in [7, 11) is 1.34. The summed E-state index contributed by atoms with van der Waals surface area (Å²) in [6.07, 6.45) is 0. The molecule has 0 radical (unpaired) electrons. The van der Waals surface area contributed by atoms with Crippen molar-refractivity contribution in [3.05, 3.63) is 82.0 Å². The van der Waals surface area contributed by atoms with Crippen LogP contribution < -0.4 is 0 Å². The lowest BCUT2D eigenvalue weighted by atomic mass is 10.1. The van der Waals surface area contributed by atoms with Gasteiger partial charge in [-0.25, -0.2) is 4.79 Å². The molecule has 0 unspecified atom stereocenters. The van der Waals surface area contributed by atoms with Gasteiger partial charge in [-0.05, 0) is 11.4 Å². The zero-order valence-electron chi connectivity index (χ0n) is 11.5. The lowest BCUT2D eigenvalue weighted by Crippen LogP contribution is -1.99. The molecule has 106 valence electrons. The zero-order chi connectivity index (χ0) is 15.1. The van der Waals surface area contributed by atoms with Crippen molar-refractivity contribution in [3.8, 4) is 0 Å². The summed E-state index contributed by atoms with van der Waals surface area (Å²) in [5.41, 5.74) is 1.19. The third-order valence-corrected chi connectivity index (χ3v) is 3.61. The van der Waals surface area contributed by atoms with Crippen molar-refractivity contribution in [2.24, 2.45) is 0 Å². The topological polar surface area (TPSA) is 43.4 Å². The second kappa shape index (κ2) is 7.36. The van der Waals surface area contributed by atoms with E-state index in [1.54, 1.807) is 47.8 Å². The van der Waals surface area contributed by atoms with Gasteiger partial charge < -0.3 is 4.74 Å². The van der Waals surface area contributed by atoms with Crippen LogP contribution in [0.25, 0.3) is 0 Å². The normalized spacial score (nSPS) is 9.57. The molecule has 1 aromatic heterocycles. The molecule has 0 aliphatic carbocycles. The third-order valence-electron chi connectivity index (χ3n) is 2.76. The molecule has 0 bridgehead atoms. The first-order valence-electron chi connectivity index (χ1n) is 6.32. The number of methoxy groups -OCH3 is 1. The average Bonchev–Trinajstić information content (AvgIpc) is 2.66. The molecule has 0 saturated carbocycles. The molecular formula is C17H14O3S. The fourth-order valence-electron chi connectivity index (χ4n) is 1.71. The molecule has 0 aliphatic heterocycles. The zero-order valence-corrected chi connectivity index (χ0v) is 12.3. The van der Waals surface area contributed by atoms with Crippen molar-refractivity contribution in [2.75, 3.05) is 7.11 Å². The van der Waals surface area contributed by atoms with E-state index in [1.807, 2.05) is 18.2 Å². The first kappa shape index (κ1) is 14.9. The summed E-state index contributed by atoms with van der Waals surface area (Å²) in [5, 5.41) is 1.74. The molecule has 0 N–H and O–H groups in total. The van der Waals surface area contributed by atoms with Crippen molar-refractivity contribution in [1.82, 2.24) is 0 Å². The van der Waals surface area contributed by atoms with Crippen molar-refractivity contribution >= 4 is 23.1 Å². The highest BCUT2D eigenvalue weighted by Gasteiger charge is 2.07. The van der Waals surface area contributed by atoms with Crippen LogP contribution in [0.15, 0.2) is 66.0 Å². The Kier molecular flexibility index (Phi) is 5.23. The second-order valence-electron chi connectivity index (χ2n) is 4.15. The molecule has 0 aliphatic rings. The Morgan fingerprint density at radius 3 is 2.14 bits per heavy atom. The monoisotopic (exact) mass is 298 g/mol. The molecule has 2 aromatic rings. The van der Waals surface area contributed by atoms with Crippen LogP contribution in [0.4, 0.5) is 0 Å². The largest absolute Gasteiger partial charge is 0.465 e. The molecule has 2 rings (SSSR count). The number of hydrogen-bond donors (Lipinski definition) is 0. The number of carbonyl (C=O) groups is 2. The Balaban J connectivity index is 2.40. The van der Waals surface area contributed by atoms with Gasteiger partial charge in [0, 0.05) is 11.1 Å². The van der Waals surface area contributed by atoms with Crippen LogP contribution in [0.1, 0.15) is 25.6 Å². The third kappa shape index (κ3) is 4.00. The summed E-state index contributed by atoms with van der Waals surface area (Å²) in [6, 6.07) is 17.6. The molecule has 0 atom stereocenters. The number of hydrogen-bond acceptors (Lipinski definition) is 4. The highest BCUT2D eigenvalue weighted by Crippen LogP contribution is 2.10. The molecular weight excluding hydrogens is 284 g/mol. The second-order valence-corrected chi connectivity index (χ2v) is 5.09. The van der Waals surface area contributed by atoms with E-state index in [-0.39, 0.29) is 5.78 Å². The number of esters is 1. The Morgan fingerprint density at radius 1 is 0.857 bits per heavy atom. The Hall–Kier alpha value is -2.46. The van der Waals surface area contributed by atoms with Crippen LogP contribution >= 0.6 is 11.3 Å². The van der Waals surface area contributed by atoms with Crippen LogP contribution in [-0.4, -0.2) is 18.9 Å². The average molecular weight is 298 g/mol. The van der Waals surface area contributed by atoms with Crippen molar-refractivity contribution in [1.29, 1.82) is 0 Å². The van der Waals surface area contributed by atoms with Crippen LogP contribution in [0, 0.1) is 0 Å². The first-order chi connectivity index (χ1) is 10.2. The maximum atomic E-state index is 12.4. The highest BCUT2D eigenvalue weighted by atomic mass is 32.1. The van der Waals surface area contributed by atoms with Crippen LogP contribution in [0.3, 0.4) is 0 Å². The lowest BCUT2D eigenvalue weighted by Gasteiger charge is -1.98. The summed E-state index contributed by atoms with van der Waals surface area (Å²) >= 11 is 1.25. The van der Waals surface area contributed by atoms with Gasteiger partial charge in [0.25, 0.3) is 0 Å². The van der Waals surface area contributed by atoms with Crippen LogP contribution in [0.2, 0.25) is 0 Å². The number of carbonyl (C=O) groups excluding carboxylic acids is 2. The summed E-state index contributed by atoms with van der Waals surface area (Å²) in [6.45, 7) is 0. The Bertz CT molecular complexity index is 688. The first-order valence-corrected chi connectivity index (χ1v) is 7.20. The number of ether oxygens (including phenoxy) is 1. The van der Waals surface area contributed by atoms with E-state index in [4.69, 9.17) is 4.74 Å². The van der Waals surface area contributed by atoms with Gasteiger partial charge in [-0.3, -0.25) is 4.79 Å². The van der Waals surface area contributed by atoms with Gasteiger partial charge in [0.2, 0.25) is 0 Å². The van der Waals surface area contributed by atoms with Gasteiger partial charge in [-0.2, -0.15) is 0 Å². The smallest absolute Gasteiger partial charge is 0.348 e. The maximum Gasteiger partial charge on any atom is 0.348 e. The summed E-state index contributed by atoms with van der Waals surface area (Å²) in [5.74, 6) is -0.455. The molecule has 0 spiro atoms. The fourth-order valence-corrected chi connectivity index (χ4v) is 2.35.